The summed E-state index contributed by atoms with van der Waals surface area (Å²) in [5.74, 6) is 0. The highest BCUT2D eigenvalue weighted by Crippen LogP contribution is 2.42. The Hall–Kier alpha value is -7.94. The molecule has 0 aliphatic rings. The minimum absolute atomic E-state index is 0.906. The molecule has 0 radical (unpaired) electrons. The monoisotopic (exact) mass is 763 g/mol. The van der Waals surface area contributed by atoms with Crippen molar-refractivity contribution < 1.29 is 4.42 Å². The molecular weight excluding hydrogens is 727 g/mol. The maximum absolute atomic E-state index is 6.43. The fraction of sp³-hybridized carbons (Fsp3) is 0. The fourth-order valence-corrected chi connectivity index (χ4v) is 9.37. The molecule has 11 aromatic carbocycles. The molecule has 0 unspecified atom stereocenters. The summed E-state index contributed by atoms with van der Waals surface area (Å²) in [5.41, 5.74) is 12.1. The molecule has 0 atom stereocenters. The second-order valence-corrected chi connectivity index (χ2v) is 15.6. The molecule has 60 heavy (non-hydrogen) atoms. The van der Waals surface area contributed by atoms with Crippen molar-refractivity contribution in [2.24, 2.45) is 0 Å². The maximum Gasteiger partial charge on any atom is 0.143 e. The SMILES string of the molecule is c1ccc2c(-c3ccc(N(c4ccc(-c5ccc6c7ccccc7c7ccccc7c6c5)cc4)c4ccc(-c5cccc6c5oc5ccccc56)cc4)cc3)cccc2c1. The van der Waals surface area contributed by atoms with Crippen LogP contribution in [0.2, 0.25) is 0 Å². The van der Waals surface area contributed by atoms with E-state index in [0.717, 1.165) is 50.1 Å². The minimum atomic E-state index is 0.906. The van der Waals surface area contributed by atoms with E-state index in [1.54, 1.807) is 0 Å². The van der Waals surface area contributed by atoms with Crippen LogP contribution < -0.4 is 4.90 Å². The van der Waals surface area contributed by atoms with Gasteiger partial charge in [-0.2, -0.15) is 0 Å². The van der Waals surface area contributed by atoms with Crippen LogP contribution in [0.25, 0.3) is 98.4 Å². The summed E-state index contributed by atoms with van der Waals surface area (Å²) in [6, 6.07) is 81.2. The lowest BCUT2D eigenvalue weighted by molar-refractivity contribution is 0.670. The molecule has 0 aliphatic carbocycles. The van der Waals surface area contributed by atoms with E-state index in [-0.39, 0.29) is 0 Å². The third-order valence-electron chi connectivity index (χ3n) is 12.3. The van der Waals surface area contributed by atoms with Crippen molar-refractivity contribution in [1.29, 1.82) is 0 Å². The molecule has 0 N–H and O–H groups in total. The molecule has 280 valence electrons. The van der Waals surface area contributed by atoms with Crippen LogP contribution in [-0.2, 0) is 0 Å². The van der Waals surface area contributed by atoms with Crippen LogP contribution in [0.1, 0.15) is 0 Å². The number of fused-ring (bicyclic) bond motifs is 10. The first-order chi connectivity index (χ1) is 29.7. The number of para-hydroxylation sites is 2. The van der Waals surface area contributed by atoms with E-state index in [1.165, 1.54) is 65.3 Å². The first-order valence-corrected chi connectivity index (χ1v) is 20.6. The lowest BCUT2D eigenvalue weighted by atomic mass is 9.92. The predicted octanol–water partition coefficient (Wildman–Crippen LogP) is 16.7. The summed E-state index contributed by atoms with van der Waals surface area (Å²) in [5, 5.41) is 12.5. The Morgan fingerprint density at radius 1 is 0.267 bits per heavy atom. The Bertz CT molecular complexity index is 3540. The molecule has 1 heterocycles. The molecule has 2 heteroatoms. The van der Waals surface area contributed by atoms with E-state index in [2.05, 4.69) is 217 Å². The molecule has 12 rings (SSSR count). The first kappa shape index (κ1) is 34.1. The van der Waals surface area contributed by atoms with E-state index in [1.807, 2.05) is 12.1 Å². The van der Waals surface area contributed by atoms with Crippen LogP contribution in [0.4, 0.5) is 17.1 Å². The minimum Gasteiger partial charge on any atom is -0.455 e. The largest absolute Gasteiger partial charge is 0.455 e. The zero-order valence-electron chi connectivity index (χ0n) is 32.7. The van der Waals surface area contributed by atoms with Gasteiger partial charge in [0.2, 0.25) is 0 Å². The number of rotatable bonds is 6. The zero-order valence-corrected chi connectivity index (χ0v) is 32.7. The van der Waals surface area contributed by atoms with Crippen LogP contribution in [0, 0.1) is 0 Å². The van der Waals surface area contributed by atoms with Crippen LogP contribution in [0.3, 0.4) is 0 Å². The lowest BCUT2D eigenvalue weighted by Crippen LogP contribution is -2.09. The highest BCUT2D eigenvalue weighted by molar-refractivity contribution is 6.25. The van der Waals surface area contributed by atoms with Crippen LogP contribution >= 0.6 is 0 Å². The van der Waals surface area contributed by atoms with Crippen LogP contribution in [-0.4, -0.2) is 0 Å². The highest BCUT2D eigenvalue weighted by atomic mass is 16.3. The first-order valence-electron chi connectivity index (χ1n) is 20.6. The molecular formula is C58H37NO. The van der Waals surface area contributed by atoms with Crippen molar-refractivity contribution in [1.82, 2.24) is 0 Å². The van der Waals surface area contributed by atoms with Crippen molar-refractivity contribution in [2.45, 2.75) is 0 Å². The van der Waals surface area contributed by atoms with Gasteiger partial charge in [-0.05, 0) is 119 Å². The Balaban J connectivity index is 0.953. The van der Waals surface area contributed by atoms with Gasteiger partial charge in [0.25, 0.3) is 0 Å². The molecule has 2 nitrogen and oxygen atoms in total. The second-order valence-electron chi connectivity index (χ2n) is 15.6. The van der Waals surface area contributed by atoms with E-state index in [9.17, 15) is 0 Å². The van der Waals surface area contributed by atoms with Gasteiger partial charge in [-0.15, -0.1) is 0 Å². The molecule has 0 amide bonds. The van der Waals surface area contributed by atoms with Gasteiger partial charge in [0.05, 0.1) is 0 Å². The van der Waals surface area contributed by atoms with E-state index in [4.69, 9.17) is 4.42 Å². The average molecular weight is 764 g/mol. The van der Waals surface area contributed by atoms with Crippen molar-refractivity contribution >= 4 is 82.1 Å². The second kappa shape index (κ2) is 13.9. The highest BCUT2D eigenvalue weighted by Gasteiger charge is 2.17. The molecule has 1 aromatic heterocycles. The normalized spacial score (nSPS) is 11.7. The predicted molar refractivity (Wildman–Crippen MR) is 255 cm³/mol. The quantitative estimate of drug-likeness (QED) is 0.157. The summed E-state index contributed by atoms with van der Waals surface area (Å²) in [4.78, 5) is 2.35. The third-order valence-corrected chi connectivity index (χ3v) is 12.3. The summed E-state index contributed by atoms with van der Waals surface area (Å²) in [6.07, 6.45) is 0. The molecule has 12 aromatic rings. The van der Waals surface area contributed by atoms with Crippen molar-refractivity contribution in [3.8, 4) is 33.4 Å². The standard InChI is InChI=1S/C58H37NO/c1-2-13-46-39(11-1)12-9-19-47(46)40-25-32-44(33-26-40)59(45-34-27-41(28-35-45)48-20-10-21-55-54-18-7-8-22-57(54)60-58(48)55)43-30-23-38(24-31-43)42-29-36-53-51-16-4-3-14-49(51)50-15-5-6-17-52(50)56(53)37-42/h1-37H. The maximum atomic E-state index is 6.43. The molecule has 0 saturated heterocycles. The van der Waals surface area contributed by atoms with Crippen LogP contribution in [0.15, 0.2) is 229 Å². The Kier molecular flexibility index (Phi) is 7.89. The lowest BCUT2D eigenvalue weighted by Gasteiger charge is -2.26. The number of hydrogen-bond acceptors (Lipinski definition) is 2. The molecule has 0 bridgehead atoms. The number of benzene rings is 11. The van der Waals surface area contributed by atoms with E-state index >= 15 is 0 Å². The fourth-order valence-electron chi connectivity index (χ4n) is 9.37. The average Bonchev–Trinajstić information content (AvgIpc) is 3.71. The molecule has 0 aliphatic heterocycles. The number of furan rings is 1. The molecule has 0 saturated carbocycles. The molecule has 0 fully saturated rings. The number of anilines is 3. The zero-order chi connectivity index (χ0) is 39.6. The molecule has 0 spiro atoms. The Morgan fingerprint density at radius 2 is 0.700 bits per heavy atom. The third kappa shape index (κ3) is 5.57. The van der Waals surface area contributed by atoms with Gasteiger partial charge >= 0.3 is 0 Å². The van der Waals surface area contributed by atoms with Crippen molar-refractivity contribution in [2.75, 3.05) is 4.90 Å². The summed E-state index contributed by atoms with van der Waals surface area (Å²) in [6.45, 7) is 0. The van der Waals surface area contributed by atoms with Gasteiger partial charge in [-0.3, -0.25) is 0 Å². The van der Waals surface area contributed by atoms with Gasteiger partial charge in [0.15, 0.2) is 0 Å². The van der Waals surface area contributed by atoms with Crippen LogP contribution in [0.5, 0.6) is 0 Å². The summed E-state index contributed by atoms with van der Waals surface area (Å²) >= 11 is 0. The summed E-state index contributed by atoms with van der Waals surface area (Å²) in [7, 11) is 0. The van der Waals surface area contributed by atoms with Gasteiger partial charge in [0.1, 0.15) is 11.2 Å². The van der Waals surface area contributed by atoms with Gasteiger partial charge < -0.3 is 9.32 Å². The summed E-state index contributed by atoms with van der Waals surface area (Å²) < 4.78 is 6.43. The number of nitrogens with zero attached hydrogens (tertiary/aromatic N) is 1. The van der Waals surface area contributed by atoms with E-state index in [0.29, 0.717) is 0 Å². The van der Waals surface area contributed by atoms with E-state index < -0.39 is 0 Å². The topological polar surface area (TPSA) is 16.4 Å². The Labute approximate surface area is 347 Å². The van der Waals surface area contributed by atoms with Gasteiger partial charge in [0, 0.05) is 33.4 Å². The smallest absolute Gasteiger partial charge is 0.143 e. The van der Waals surface area contributed by atoms with Crippen molar-refractivity contribution in [3.05, 3.63) is 224 Å². The Morgan fingerprint density at radius 3 is 1.35 bits per heavy atom. The van der Waals surface area contributed by atoms with Gasteiger partial charge in [-0.1, -0.05) is 176 Å². The number of hydrogen-bond donors (Lipinski definition) is 0. The van der Waals surface area contributed by atoms with Gasteiger partial charge in [-0.25, -0.2) is 0 Å². The van der Waals surface area contributed by atoms with Crippen molar-refractivity contribution in [3.63, 3.8) is 0 Å².